The Morgan fingerprint density at radius 1 is 1.31 bits per heavy atom. The fourth-order valence-electron chi connectivity index (χ4n) is 2.82. The van der Waals surface area contributed by atoms with Crippen molar-refractivity contribution in [3.05, 3.63) is 57.8 Å². The van der Waals surface area contributed by atoms with Gasteiger partial charge in [0.05, 0.1) is 23.4 Å². The van der Waals surface area contributed by atoms with Crippen LogP contribution in [0.25, 0.3) is 6.08 Å². The van der Waals surface area contributed by atoms with Crippen molar-refractivity contribution in [2.24, 2.45) is 10.1 Å². The minimum Gasteiger partial charge on any atom is -0.493 e. The Morgan fingerprint density at radius 2 is 2.09 bits per heavy atom. The number of rotatable bonds is 5. The Hall–Kier alpha value is -3.03. The zero-order valence-electron chi connectivity index (χ0n) is 16.6. The molecule has 0 atom stereocenters. The summed E-state index contributed by atoms with van der Waals surface area (Å²) in [4.78, 5) is 20.8. The van der Waals surface area contributed by atoms with Crippen LogP contribution in [0.1, 0.15) is 11.1 Å². The average Bonchev–Trinajstić information content (AvgIpc) is 3.17. The topological polar surface area (TPSA) is 134 Å². The second-order valence-corrected chi connectivity index (χ2v) is 9.87. The van der Waals surface area contributed by atoms with Crippen LogP contribution >= 0.6 is 27.7 Å². The highest BCUT2D eigenvalue weighted by molar-refractivity contribution is 9.10. The van der Waals surface area contributed by atoms with Crippen LogP contribution in [0, 0.1) is 5.41 Å². The maximum Gasteiger partial charge on any atom is 0.306 e. The van der Waals surface area contributed by atoms with E-state index >= 15 is 0 Å². The summed E-state index contributed by atoms with van der Waals surface area (Å²) in [7, 11) is -2.43. The van der Waals surface area contributed by atoms with Gasteiger partial charge in [0.15, 0.2) is 17.3 Å². The van der Waals surface area contributed by atoms with Crippen LogP contribution in [-0.2, 0) is 14.9 Å². The number of amidine groups is 2. The number of hydrazone groups is 1. The quantitative estimate of drug-likeness (QED) is 0.456. The molecule has 2 aromatic rings. The lowest BCUT2D eigenvalue weighted by molar-refractivity contribution is -0.114. The fourth-order valence-corrected chi connectivity index (χ4v) is 4.82. The molecule has 1 aromatic heterocycles. The van der Waals surface area contributed by atoms with Gasteiger partial charge in [0.1, 0.15) is 5.04 Å². The molecule has 1 aromatic carbocycles. The molecule has 164 valence electrons. The molecule has 1 amide bonds. The molecule has 0 bridgehead atoms. The maximum absolute atomic E-state index is 12.6. The molecular formula is C19H14BrN5O5S2. The van der Waals surface area contributed by atoms with Gasteiger partial charge in [0.2, 0.25) is 5.17 Å². The maximum atomic E-state index is 12.6. The van der Waals surface area contributed by atoms with Crippen LogP contribution in [0.2, 0.25) is 0 Å². The number of carbonyl (C=O) groups is 1. The summed E-state index contributed by atoms with van der Waals surface area (Å²) in [5.41, 5.74) is 1.22. The molecule has 0 fully saturated rings. The highest BCUT2D eigenvalue weighted by atomic mass is 79.9. The molecule has 1 N–H and O–H groups in total. The van der Waals surface area contributed by atoms with E-state index in [4.69, 9.17) is 14.3 Å². The first-order valence-corrected chi connectivity index (χ1v) is 12.3. The van der Waals surface area contributed by atoms with Crippen molar-refractivity contribution in [2.45, 2.75) is 0 Å². The Labute approximate surface area is 195 Å². The van der Waals surface area contributed by atoms with Gasteiger partial charge in [-0.1, -0.05) is 0 Å². The molecule has 13 heteroatoms. The fraction of sp³-hybridized carbons (Fsp3) is 0.105. The number of amides is 1. The van der Waals surface area contributed by atoms with E-state index in [-0.39, 0.29) is 28.1 Å². The number of fused-ring (bicyclic) bond motifs is 1. The molecule has 2 aliphatic heterocycles. The summed E-state index contributed by atoms with van der Waals surface area (Å²) >= 11 is 4.43. The second kappa shape index (κ2) is 8.48. The van der Waals surface area contributed by atoms with E-state index in [0.29, 0.717) is 15.1 Å². The summed E-state index contributed by atoms with van der Waals surface area (Å²) < 4.78 is 33.5. The van der Waals surface area contributed by atoms with Crippen LogP contribution in [-0.4, -0.2) is 53.7 Å². The van der Waals surface area contributed by atoms with Gasteiger partial charge in [-0.15, -0.1) is 0 Å². The Bertz CT molecular complexity index is 1340. The van der Waals surface area contributed by atoms with E-state index in [1.165, 1.54) is 36.0 Å². The van der Waals surface area contributed by atoms with Crippen LogP contribution in [0.15, 0.2) is 56.8 Å². The molecule has 4 rings (SSSR count). The minimum absolute atomic E-state index is 0.0104. The lowest BCUT2D eigenvalue weighted by Gasteiger charge is -2.20. The van der Waals surface area contributed by atoms with E-state index in [1.54, 1.807) is 24.5 Å². The zero-order valence-corrected chi connectivity index (χ0v) is 19.8. The van der Waals surface area contributed by atoms with Crippen LogP contribution in [0.3, 0.4) is 0 Å². The van der Waals surface area contributed by atoms with E-state index in [2.05, 4.69) is 31.0 Å². The summed E-state index contributed by atoms with van der Waals surface area (Å²) in [5.74, 6) is -0.630. The highest BCUT2D eigenvalue weighted by Gasteiger charge is 2.36. The molecule has 0 radical (unpaired) electrons. The third kappa shape index (κ3) is 4.45. The number of nitrogens with zero attached hydrogens (tertiary/aromatic N) is 4. The molecular weight excluding hydrogens is 522 g/mol. The van der Waals surface area contributed by atoms with Crippen molar-refractivity contribution in [3.8, 4) is 11.5 Å². The first kappa shape index (κ1) is 22.2. The van der Waals surface area contributed by atoms with Gasteiger partial charge in [-0.25, -0.2) is 0 Å². The summed E-state index contributed by atoms with van der Waals surface area (Å²) in [6, 6.07) is 6.62. The Morgan fingerprint density at radius 3 is 2.75 bits per heavy atom. The molecule has 10 nitrogen and oxygen atoms in total. The van der Waals surface area contributed by atoms with E-state index < -0.39 is 16.0 Å². The van der Waals surface area contributed by atoms with E-state index in [0.717, 1.165) is 11.8 Å². The summed E-state index contributed by atoms with van der Waals surface area (Å²) in [6.07, 6.45) is 5.64. The number of aromatic nitrogens is 1. The lowest BCUT2D eigenvalue weighted by atomic mass is 10.1. The molecule has 32 heavy (non-hydrogen) atoms. The molecule has 0 spiro atoms. The molecule has 2 aliphatic rings. The predicted molar refractivity (Wildman–Crippen MR) is 125 cm³/mol. The average molecular weight is 536 g/mol. The number of ether oxygens (including phenoxy) is 1. The van der Waals surface area contributed by atoms with Crippen LogP contribution < -0.4 is 8.92 Å². The standard InChI is InChI=1S/C19H14BrN5O5S2/c1-29-14-8-10(7-13(20)15(14)30-32(2,27)28)6-12-16(21)25-19(23-17(12)26)31-18(24-25)11-4-3-5-22-9-11/h3-9,21H,1-2H3. The van der Waals surface area contributed by atoms with Crippen molar-refractivity contribution in [2.75, 3.05) is 13.4 Å². The van der Waals surface area contributed by atoms with Crippen LogP contribution in [0.4, 0.5) is 0 Å². The highest BCUT2D eigenvalue weighted by Crippen LogP contribution is 2.38. The first-order chi connectivity index (χ1) is 15.2. The number of carbonyl (C=O) groups excluding carboxylic acids is 1. The number of hydrogen-bond acceptors (Lipinski definition) is 9. The van der Waals surface area contributed by atoms with Gasteiger partial charge in [-0.2, -0.15) is 23.5 Å². The number of hydrogen-bond donors (Lipinski definition) is 1. The molecule has 3 heterocycles. The summed E-state index contributed by atoms with van der Waals surface area (Å²) in [6.45, 7) is 0. The van der Waals surface area contributed by atoms with Crippen molar-refractivity contribution >= 4 is 65.8 Å². The van der Waals surface area contributed by atoms with Crippen molar-refractivity contribution < 1.29 is 22.1 Å². The van der Waals surface area contributed by atoms with Crippen molar-refractivity contribution in [1.29, 1.82) is 5.41 Å². The van der Waals surface area contributed by atoms with Crippen molar-refractivity contribution in [3.63, 3.8) is 0 Å². The van der Waals surface area contributed by atoms with Crippen molar-refractivity contribution in [1.82, 2.24) is 9.99 Å². The third-order valence-corrected chi connectivity index (χ3v) is 6.18. The lowest BCUT2D eigenvalue weighted by Crippen LogP contribution is -2.35. The molecule has 0 unspecified atom stereocenters. The summed E-state index contributed by atoms with van der Waals surface area (Å²) in [5, 5.41) is 15.0. The molecule has 0 aliphatic carbocycles. The second-order valence-electron chi connectivity index (χ2n) is 6.49. The monoisotopic (exact) mass is 535 g/mol. The zero-order chi connectivity index (χ0) is 23.0. The molecule has 0 saturated heterocycles. The van der Waals surface area contributed by atoms with E-state index in [9.17, 15) is 13.2 Å². The largest absolute Gasteiger partial charge is 0.493 e. The minimum atomic E-state index is -3.79. The Kier molecular flexibility index (Phi) is 5.88. The van der Waals surface area contributed by atoms with Gasteiger partial charge in [0, 0.05) is 18.0 Å². The molecule has 0 saturated carbocycles. The normalized spacial score (nSPS) is 17.2. The van der Waals surface area contributed by atoms with Gasteiger partial charge in [-0.05, 0) is 63.6 Å². The predicted octanol–water partition coefficient (Wildman–Crippen LogP) is 2.86. The van der Waals surface area contributed by atoms with Gasteiger partial charge in [0.25, 0.3) is 5.91 Å². The SMILES string of the molecule is COc1cc(C=C2C(=N)N3N=C(c4cccnc4)SC3=NC2=O)cc(Br)c1OS(C)(=O)=O. The van der Waals surface area contributed by atoms with Gasteiger partial charge >= 0.3 is 10.1 Å². The third-order valence-electron chi connectivity index (χ3n) is 4.16. The smallest absolute Gasteiger partial charge is 0.306 e. The number of pyridine rings is 1. The number of aliphatic imine (C=N–C) groups is 1. The number of halogens is 1. The van der Waals surface area contributed by atoms with E-state index in [1.807, 2.05) is 6.07 Å². The number of nitrogens with one attached hydrogen (secondary N) is 1. The number of thioether (sulfide) groups is 1. The van der Waals surface area contributed by atoms with Gasteiger partial charge in [-0.3, -0.25) is 15.2 Å². The number of methoxy groups -OCH3 is 1. The van der Waals surface area contributed by atoms with Gasteiger partial charge < -0.3 is 8.92 Å². The Balaban J connectivity index is 1.70. The van der Waals surface area contributed by atoms with Crippen LogP contribution in [0.5, 0.6) is 11.5 Å². The number of benzene rings is 1. The first-order valence-electron chi connectivity index (χ1n) is 8.84.